The molecule has 1 heterocycles. The molecule has 104 valence electrons. The van der Waals surface area contributed by atoms with Gasteiger partial charge in [-0.15, -0.1) is 0 Å². The van der Waals surface area contributed by atoms with E-state index in [1.807, 2.05) is 4.90 Å². The number of carbonyl (C=O) groups excluding carboxylic acids is 1. The van der Waals surface area contributed by atoms with Gasteiger partial charge in [0.2, 0.25) is 0 Å². The summed E-state index contributed by atoms with van der Waals surface area (Å²) in [5.74, 6) is 0.0369. The maximum absolute atomic E-state index is 12.5. The van der Waals surface area contributed by atoms with Crippen LogP contribution in [0.15, 0.2) is 22.7 Å². The fourth-order valence-corrected chi connectivity index (χ4v) is 2.95. The number of aliphatic hydroxyl groups excluding tert-OH is 1. The van der Waals surface area contributed by atoms with Crippen LogP contribution in [0.5, 0.6) is 0 Å². The van der Waals surface area contributed by atoms with E-state index in [0.717, 1.165) is 36.7 Å². The van der Waals surface area contributed by atoms with Crippen molar-refractivity contribution in [1.82, 2.24) is 4.90 Å². The molecule has 1 aliphatic rings. The van der Waals surface area contributed by atoms with Gasteiger partial charge < -0.3 is 10.0 Å². The van der Waals surface area contributed by atoms with Crippen LogP contribution < -0.4 is 0 Å². The molecule has 0 aromatic heterocycles. The van der Waals surface area contributed by atoms with Crippen LogP contribution in [0, 0.1) is 0 Å². The Balaban J connectivity index is 2.11. The molecule has 3 nitrogen and oxygen atoms in total. The van der Waals surface area contributed by atoms with Crippen molar-refractivity contribution in [1.29, 1.82) is 0 Å². The smallest absolute Gasteiger partial charge is 0.254 e. The first-order valence-electron chi connectivity index (χ1n) is 6.50. The van der Waals surface area contributed by atoms with Crippen LogP contribution in [0.3, 0.4) is 0 Å². The average molecular weight is 347 g/mol. The first kappa shape index (κ1) is 14.8. The Kier molecular flexibility index (Phi) is 5.25. The number of hydrogen-bond acceptors (Lipinski definition) is 2. The van der Waals surface area contributed by atoms with Gasteiger partial charge in [0, 0.05) is 29.2 Å². The molecule has 1 N–H and O–H groups in total. The number of halogens is 2. The molecule has 2 rings (SSSR count). The third-order valence-electron chi connectivity index (χ3n) is 3.50. The molecule has 0 bridgehead atoms. The molecular formula is C14H17BrClNO2. The highest BCUT2D eigenvalue weighted by Gasteiger charge is 2.28. The van der Waals surface area contributed by atoms with Crippen molar-refractivity contribution in [2.24, 2.45) is 0 Å². The molecule has 1 amide bonds. The summed E-state index contributed by atoms with van der Waals surface area (Å²) in [5, 5.41) is 9.46. The van der Waals surface area contributed by atoms with Gasteiger partial charge >= 0.3 is 0 Å². The van der Waals surface area contributed by atoms with Crippen molar-refractivity contribution >= 4 is 33.4 Å². The standard InChI is InChI=1S/C14H17BrClNO2/c15-12-6-5-10(9-13(12)16)14(19)17-7-1-3-11(17)4-2-8-18/h5-6,9,11,18H,1-4,7-8H2. The minimum Gasteiger partial charge on any atom is -0.396 e. The molecule has 0 aliphatic carbocycles. The maximum atomic E-state index is 12.5. The first-order chi connectivity index (χ1) is 9.13. The van der Waals surface area contributed by atoms with Gasteiger partial charge in [0.05, 0.1) is 5.02 Å². The van der Waals surface area contributed by atoms with Crippen molar-refractivity contribution in [2.75, 3.05) is 13.2 Å². The molecule has 1 aromatic rings. The molecule has 1 unspecified atom stereocenters. The lowest BCUT2D eigenvalue weighted by molar-refractivity contribution is 0.0724. The number of rotatable bonds is 4. The Morgan fingerprint density at radius 1 is 1.53 bits per heavy atom. The molecule has 1 aliphatic heterocycles. The number of amides is 1. The summed E-state index contributed by atoms with van der Waals surface area (Å²) in [6.07, 6.45) is 3.67. The second-order valence-electron chi connectivity index (χ2n) is 4.79. The van der Waals surface area contributed by atoms with Gasteiger partial charge in [-0.25, -0.2) is 0 Å². The summed E-state index contributed by atoms with van der Waals surface area (Å²) >= 11 is 9.36. The third-order valence-corrected chi connectivity index (χ3v) is 4.73. The van der Waals surface area contributed by atoms with E-state index in [-0.39, 0.29) is 18.6 Å². The quantitative estimate of drug-likeness (QED) is 0.907. The van der Waals surface area contributed by atoms with E-state index in [0.29, 0.717) is 10.6 Å². The Morgan fingerprint density at radius 2 is 2.32 bits per heavy atom. The average Bonchev–Trinajstić information content (AvgIpc) is 2.87. The first-order valence-corrected chi connectivity index (χ1v) is 7.67. The monoisotopic (exact) mass is 345 g/mol. The number of aliphatic hydroxyl groups is 1. The molecule has 0 radical (unpaired) electrons. The van der Waals surface area contributed by atoms with Crippen molar-refractivity contribution in [3.63, 3.8) is 0 Å². The lowest BCUT2D eigenvalue weighted by atomic mass is 10.1. The SMILES string of the molecule is O=C(c1ccc(Br)c(Cl)c1)N1CCCC1CCCO. The van der Waals surface area contributed by atoms with Crippen LogP contribution in [-0.4, -0.2) is 35.1 Å². The number of nitrogens with zero attached hydrogens (tertiary/aromatic N) is 1. The highest BCUT2D eigenvalue weighted by molar-refractivity contribution is 9.10. The number of carbonyl (C=O) groups is 1. The predicted molar refractivity (Wildman–Crippen MR) is 79.5 cm³/mol. The molecule has 0 spiro atoms. The molecule has 0 saturated carbocycles. The van der Waals surface area contributed by atoms with Crippen molar-refractivity contribution < 1.29 is 9.90 Å². The summed E-state index contributed by atoms with van der Waals surface area (Å²) in [4.78, 5) is 14.4. The molecule has 1 atom stereocenters. The third kappa shape index (κ3) is 3.50. The minimum absolute atomic E-state index is 0.0369. The molecule has 1 saturated heterocycles. The Bertz CT molecular complexity index is 467. The second kappa shape index (κ2) is 6.73. The second-order valence-corrected chi connectivity index (χ2v) is 6.05. The van der Waals surface area contributed by atoms with Crippen LogP contribution in [0.1, 0.15) is 36.0 Å². The maximum Gasteiger partial charge on any atom is 0.254 e. The highest BCUT2D eigenvalue weighted by atomic mass is 79.9. The highest BCUT2D eigenvalue weighted by Crippen LogP contribution is 2.27. The Labute approximate surface area is 126 Å². The van der Waals surface area contributed by atoms with Crippen molar-refractivity contribution in [2.45, 2.75) is 31.7 Å². The van der Waals surface area contributed by atoms with Gasteiger partial charge in [0.1, 0.15) is 0 Å². The van der Waals surface area contributed by atoms with Crippen molar-refractivity contribution in [3.05, 3.63) is 33.3 Å². The lowest BCUT2D eigenvalue weighted by Gasteiger charge is -2.24. The summed E-state index contributed by atoms with van der Waals surface area (Å²) < 4.78 is 0.795. The van der Waals surface area contributed by atoms with E-state index < -0.39 is 0 Å². The summed E-state index contributed by atoms with van der Waals surface area (Å²) in [6.45, 7) is 0.977. The van der Waals surface area contributed by atoms with Crippen LogP contribution in [0.25, 0.3) is 0 Å². The number of benzene rings is 1. The number of hydrogen-bond donors (Lipinski definition) is 1. The molecule has 1 fully saturated rings. The Morgan fingerprint density at radius 3 is 3.00 bits per heavy atom. The van der Waals surface area contributed by atoms with Crippen molar-refractivity contribution in [3.8, 4) is 0 Å². The number of likely N-dealkylation sites (tertiary alicyclic amines) is 1. The normalized spacial score (nSPS) is 18.9. The van der Waals surface area contributed by atoms with E-state index in [1.165, 1.54) is 0 Å². The fraction of sp³-hybridized carbons (Fsp3) is 0.500. The minimum atomic E-state index is 0.0369. The van der Waals surface area contributed by atoms with E-state index in [1.54, 1.807) is 18.2 Å². The largest absolute Gasteiger partial charge is 0.396 e. The van der Waals surface area contributed by atoms with Crippen LogP contribution in [0.4, 0.5) is 0 Å². The van der Waals surface area contributed by atoms with Gasteiger partial charge in [-0.05, 0) is 59.8 Å². The molecular weight excluding hydrogens is 330 g/mol. The topological polar surface area (TPSA) is 40.5 Å². The van der Waals surface area contributed by atoms with E-state index in [2.05, 4.69) is 15.9 Å². The lowest BCUT2D eigenvalue weighted by Crippen LogP contribution is -2.35. The van der Waals surface area contributed by atoms with Gasteiger partial charge in [-0.2, -0.15) is 0 Å². The van der Waals surface area contributed by atoms with Gasteiger partial charge in [0.25, 0.3) is 5.91 Å². The Hall–Kier alpha value is -0.580. The zero-order chi connectivity index (χ0) is 13.8. The van der Waals surface area contributed by atoms with Crippen LogP contribution in [-0.2, 0) is 0 Å². The van der Waals surface area contributed by atoms with Gasteiger partial charge in [-0.1, -0.05) is 11.6 Å². The fourth-order valence-electron chi connectivity index (χ4n) is 2.53. The summed E-state index contributed by atoms with van der Waals surface area (Å²) in [5.41, 5.74) is 0.629. The zero-order valence-electron chi connectivity index (χ0n) is 10.6. The van der Waals surface area contributed by atoms with Crippen LogP contribution >= 0.6 is 27.5 Å². The zero-order valence-corrected chi connectivity index (χ0v) is 13.0. The predicted octanol–water partition coefficient (Wildman–Crippen LogP) is 3.48. The van der Waals surface area contributed by atoms with Gasteiger partial charge in [-0.3, -0.25) is 4.79 Å². The molecule has 1 aromatic carbocycles. The molecule has 19 heavy (non-hydrogen) atoms. The summed E-state index contributed by atoms with van der Waals surface area (Å²) in [7, 11) is 0. The van der Waals surface area contributed by atoms with E-state index in [4.69, 9.17) is 16.7 Å². The van der Waals surface area contributed by atoms with Gasteiger partial charge in [0.15, 0.2) is 0 Å². The summed E-state index contributed by atoms with van der Waals surface area (Å²) in [6, 6.07) is 5.55. The van der Waals surface area contributed by atoms with E-state index >= 15 is 0 Å². The molecule has 5 heteroatoms. The van der Waals surface area contributed by atoms with E-state index in [9.17, 15) is 4.79 Å². The van der Waals surface area contributed by atoms with Crippen LogP contribution in [0.2, 0.25) is 5.02 Å².